The summed E-state index contributed by atoms with van der Waals surface area (Å²) >= 11 is 0. The zero-order chi connectivity index (χ0) is 28.2. The Morgan fingerprint density at radius 1 is 1.08 bits per heavy atom. The Morgan fingerprint density at radius 3 is 2.36 bits per heavy atom. The number of unbranched alkanes of at least 4 members (excludes halogenated alkanes) is 1. The van der Waals surface area contributed by atoms with E-state index < -0.39 is 11.2 Å². The highest BCUT2D eigenvalue weighted by Gasteiger charge is 2.24. The molecule has 0 fully saturated rings. The van der Waals surface area contributed by atoms with Crippen molar-refractivity contribution in [2.24, 2.45) is 5.41 Å². The number of nitrogens with zero attached hydrogens (tertiary/aromatic N) is 3. The minimum Gasteiger partial charge on any atom is -0.297 e. The third-order valence-corrected chi connectivity index (χ3v) is 6.73. The van der Waals surface area contributed by atoms with Gasteiger partial charge in [0, 0.05) is 23.0 Å². The number of ketones is 1. The minimum absolute atomic E-state index is 0.0433. The molecule has 0 radical (unpaired) electrons. The number of aromatic nitrogens is 4. The van der Waals surface area contributed by atoms with Crippen molar-refractivity contribution >= 4 is 11.9 Å². The second kappa shape index (κ2) is 11.6. The molecule has 0 aliphatic heterocycles. The fourth-order valence-electron chi connectivity index (χ4n) is 4.37. The summed E-state index contributed by atoms with van der Waals surface area (Å²) in [4.78, 5) is 45.5. The summed E-state index contributed by atoms with van der Waals surface area (Å²) in [6.45, 7) is 11.4. The summed E-state index contributed by atoms with van der Waals surface area (Å²) < 4.78 is 6.14. The van der Waals surface area contributed by atoms with Gasteiger partial charge in [-0.3, -0.25) is 23.7 Å². The van der Waals surface area contributed by atoms with Crippen LogP contribution in [-0.2, 0) is 24.2 Å². The highest BCUT2D eigenvalue weighted by atomic mass is 16.5. The van der Waals surface area contributed by atoms with Crippen LogP contribution in [0.25, 0.3) is 28.6 Å². The van der Waals surface area contributed by atoms with Gasteiger partial charge in [-0.15, -0.1) is 0 Å². The highest BCUT2D eigenvalue weighted by molar-refractivity contribution is 5.83. The molecule has 39 heavy (non-hydrogen) atoms. The molecule has 4 aromatic rings. The monoisotopic (exact) mass is 526 g/mol. The first-order valence-electron chi connectivity index (χ1n) is 13.2. The fourth-order valence-corrected chi connectivity index (χ4v) is 4.37. The van der Waals surface area contributed by atoms with Gasteiger partial charge in [0.2, 0.25) is 0 Å². The molecule has 4 rings (SSSR count). The van der Waals surface area contributed by atoms with Crippen LogP contribution in [0.3, 0.4) is 0 Å². The van der Waals surface area contributed by atoms with Crippen LogP contribution in [0.15, 0.2) is 69.2 Å². The van der Waals surface area contributed by atoms with E-state index in [0.29, 0.717) is 30.1 Å². The Labute approximate surface area is 227 Å². The van der Waals surface area contributed by atoms with Gasteiger partial charge < -0.3 is 0 Å². The molecule has 0 saturated carbocycles. The molecular formula is C31H34N4O4. The van der Waals surface area contributed by atoms with Crippen molar-refractivity contribution in [1.82, 2.24) is 19.7 Å². The van der Waals surface area contributed by atoms with E-state index in [4.69, 9.17) is 4.98 Å². The van der Waals surface area contributed by atoms with Crippen LogP contribution in [0.5, 0.6) is 0 Å². The molecule has 0 amide bonds. The fraction of sp³-hybridized carbons (Fsp3) is 0.323. The number of Topliss-reactive ketones (excluding diaryl/α,β-unsaturated/α-hetero) is 1. The minimum atomic E-state index is -0.611. The maximum atomic E-state index is 13.8. The molecule has 0 aliphatic carbocycles. The van der Waals surface area contributed by atoms with Crippen molar-refractivity contribution < 1.29 is 9.32 Å². The number of H-pyrrole nitrogens is 1. The molecule has 0 spiro atoms. The smallest absolute Gasteiger partial charge is 0.297 e. The first-order chi connectivity index (χ1) is 18.6. The van der Waals surface area contributed by atoms with Crippen LogP contribution >= 0.6 is 0 Å². The number of aryl methyl sites for hydroxylation is 1. The maximum Gasteiger partial charge on any atom is 0.439 e. The van der Waals surface area contributed by atoms with Gasteiger partial charge in [0.05, 0.1) is 12.2 Å². The lowest BCUT2D eigenvalue weighted by molar-refractivity contribution is -0.126. The molecule has 2 heterocycles. The normalized spacial score (nSPS) is 11.5. The van der Waals surface area contributed by atoms with E-state index >= 15 is 0 Å². The summed E-state index contributed by atoms with van der Waals surface area (Å²) in [7, 11) is 0. The summed E-state index contributed by atoms with van der Waals surface area (Å²) in [6.07, 6.45) is 4.49. The van der Waals surface area contributed by atoms with E-state index in [1.54, 1.807) is 6.08 Å². The molecule has 8 nitrogen and oxygen atoms in total. The van der Waals surface area contributed by atoms with Crippen LogP contribution < -0.4 is 11.3 Å². The van der Waals surface area contributed by atoms with Gasteiger partial charge >= 0.3 is 5.76 Å². The molecule has 0 unspecified atom stereocenters. The lowest BCUT2D eigenvalue weighted by Gasteiger charge is -2.20. The van der Waals surface area contributed by atoms with E-state index in [-0.39, 0.29) is 17.9 Å². The van der Waals surface area contributed by atoms with Crippen LogP contribution in [0, 0.1) is 5.41 Å². The Kier molecular flexibility index (Phi) is 8.24. The lowest BCUT2D eigenvalue weighted by Crippen LogP contribution is -2.35. The van der Waals surface area contributed by atoms with Crippen molar-refractivity contribution in [3.05, 3.63) is 98.7 Å². The molecule has 0 aliphatic rings. The first-order valence-corrected chi connectivity index (χ1v) is 13.2. The Balaban J connectivity index is 1.71. The van der Waals surface area contributed by atoms with Gasteiger partial charge in [-0.25, -0.2) is 9.78 Å². The van der Waals surface area contributed by atoms with E-state index in [0.717, 1.165) is 40.8 Å². The standard InChI is InChI=1S/C31H34N4O4/c1-6-8-13-25-24(29(37)35(27(7-2)32-25)19-26(36)31(3,4)5)18-20-14-16-21(17-15-20)22-11-9-10-12-23(22)28-33-30(38)39-34-28/h7,9-12,14-17H,2,6,8,13,18-19H2,1,3-5H3,(H,33,34,38). The topological polar surface area (TPSA) is 111 Å². The van der Waals surface area contributed by atoms with E-state index in [9.17, 15) is 14.4 Å². The van der Waals surface area contributed by atoms with Gasteiger partial charge in [-0.2, -0.15) is 0 Å². The molecule has 0 saturated heterocycles. The second-order valence-corrected chi connectivity index (χ2v) is 10.6. The van der Waals surface area contributed by atoms with Crippen LogP contribution in [0.4, 0.5) is 0 Å². The quantitative estimate of drug-likeness (QED) is 0.294. The van der Waals surface area contributed by atoms with Crippen molar-refractivity contribution in [2.45, 2.75) is 59.9 Å². The Morgan fingerprint density at radius 2 is 1.77 bits per heavy atom. The predicted molar refractivity (Wildman–Crippen MR) is 152 cm³/mol. The average molecular weight is 527 g/mol. The number of carbonyl (C=O) groups excluding carboxylic acids is 1. The van der Waals surface area contributed by atoms with Crippen molar-refractivity contribution in [3.8, 4) is 22.5 Å². The Hall–Kier alpha value is -4.33. The van der Waals surface area contributed by atoms with Crippen LogP contribution in [-0.4, -0.2) is 25.5 Å². The number of hydrogen-bond acceptors (Lipinski definition) is 6. The number of carbonyl (C=O) groups is 1. The summed E-state index contributed by atoms with van der Waals surface area (Å²) in [5, 5.41) is 3.83. The van der Waals surface area contributed by atoms with Gasteiger partial charge in [0.15, 0.2) is 11.6 Å². The first kappa shape index (κ1) is 27.7. The molecule has 202 valence electrons. The molecule has 2 aromatic heterocycles. The van der Waals surface area contributed by atoms with Crippen molar-refractivity contribution in [3.63, 3.8) is 0 Å². The van der Waals surface area contributed by atoms with E-state index in [1.807, 2.05) is 69.3 Å². The summed E-state index contributed by atoms with van der Waals surface area (Å²) in [5.41, 5.74) is 4.08. The second-order valence-electron chi connectivity index (χ2n) is 10.6. The van der Waals surface area contributed by atoms with Crippen LogP contribution in [0.2, 0.25) is 0 Å². The average Bonchev–Trinajstić information content (AvgIpc) is 3.36. The van der Waals surface area contributed by atoms with Gasteiger partial charge in [0.1, 0.15) is 5.82 Å². The molecule has 0 bridgehead atoms. The zero-order valence-corrected chi connectivity index (χ0v) is 22.9. The number of rotatable bonds is 10. The van der Waals surface area contributed by atoms with Crippen molar-refractivity contribution in [1.29, 1.82) is 0 Å². The third-order valence-electron chi connectivity index (χ3n) is 6.73. The molecular weight excluding hydrogens is 492 g/mol. The van der Waals surface area contributed by atoms with Crippen LogP contribution in [0.1, 0.15) is 63.2 Å². The maximum absolute atomic E-state index is 13.8. The van der Waals surface area contributed by atoms with Gasteiger partial charge in [0.25, 0.3) is 5.56 Å². The molecule has 1 N–H and O–H groups in total. The number of hydrogen-bond donors (Lipinski definition) is 1. The highest BCUT2D eigenvalue weighted by Crippen LogP contribution is 2.30. The number of aromatic amines is 1. The van der Waals surface area contributed by atoms with E-state index in [2.05, 4.69) is 28.2 Å². The largest absolute Gasteiger partial charge is 0.439 e. The number of benzene rings is 2. The Bertz CT molecular complexity index is 1600. The molecule has 8 heteroatoms. The van der Waals surface area contributed by atoms with E-state index in [1.165, 1.54) is 4.57 Å². The summed E-state index contributed by atoms with van der Waals surface area (Å²) in [5.74, 6) is 0.127. The SMILES string of the molecule is C=Cc1nc(CCCC)c(Cc2ccc(-c3ccccc3-c3noc(=O)[nH]3)cc2)c(=O)n1CC(=O)C(C)(C)C. The van der Waals surface area contributed by atoms with Crippen molar-refractivity contribution in [2.75, 3.05) is 0 Å². The third kappa shape index (κ3) is 6.22. The number of nitrogens with one attached hydrogen (secondary N) is 1. The zero-order valence-electron chi connectivity index (χ0n) is 22.9. The van der Waals surface area contributed by atoms with Gasteiger partial charge in [-0.05, 0) is 35.6 Å². The lowest BCUT2D eigenvalue weighted by atomic mass is 9.90. The predicted octanol–water partition coefficient (Wildman–Crippen LogP) is 5.45. The molecule has 0 atom stereocenters. The van der Waals surface area contributed by atoms with Gasteiger partial charge in [-0.1, -0.05) is 94.4 Å². The molecule has 2 aromatic carbocycles. The summed E-state index contributed by atoms with van der Waals surface area (Å²) in [6, 6.07) is 15.5.